The van der Waals surface area contributed by atoms with E-state index in [1.54, 1.807) is 62.9 Å². The number of unbranched alkanes of at least 4 members (excludes halogenated alkanes) is 24. The van der Waals surface area contributed by atoms with E-state index < -0.39 is 29.9 Å². The van der Waals surface area contributed by atoms with Gasteiger partial charge >= 0.3 is 169 Å². The molecule has 0 unspecified atom stereocenters. The van der Waals surface area contributed by atoms with Gasteiger partial charge in [-0.3, -0.25) is 4.18 Å². The summed E-state index contributed by atoms with van der Waals surface area (Å²) in [6, 6.07) is 8.33. The van der Waals surface area contributed by atoms with Crippen molar-refractivity contribution < 1.29 is 12.6 Å². The average molecular weight is 785 g/mol. The van der Waals surface area contributed by atoms with Crippen molar-refractivity contribution in [1.29, 1.82) is 0 Å². The SMILES string of the molecule is CCCCCCCCCCCCOS(=O)(=O)c1ccccc1.CCCCCCC[CH2][Sn]([CH2]CCCCCCC)[CH2]CCCCCCC. The molecule has 0 aliphatic rings. The number of rotatable bonds is 34. The third-order valence-electron chi connectivity index (χ3n) is 9.42. The van der Waals surface area contributed by atoms with Crippen LogP contribution in [0.3, 0.4) is 0 Å². The first kappa shape index (κ1) is 46.9. The van der Waals surface area contributed by atoms with E-state index in [1.807, 2.05) is 0 Å². The Balaban J connectivity index is 0.000000907. The van der Waals surface area contributed by atoms with E-state index in [9.17, 15) is 8.42 Å². The Morgan fingerprint density at radius 3 is 1.06 bits per heavy atom. The van der Waals surface area contributed by atoms with Crippen molar-refractivity contribution in [3.63, 3.8) is 0 Å². The van der Waals surface area contributed by atoms with E-state index in [0.29, 0.717) is 0 Å². The second-order valence-corrected chi connectivity index (χ2v) is 24.3. The monoisotopic (exact) mass is 785 g/mol. The molecule has 277 valence electrons. The molecule has 1 radical (unpaired) electrons. The fourth-order valence-electron chi connectivity index (χ4n) is 6.25. The molecule has 0 amide bonds. The maximum absolute atomic E-state index is 11.9. The molecular weight excluding hydrogens is 703 g/mol. The molecule has 0 saturated heterocycles. The molecule has 1 aromatic carbocycles. The fraction of sp³-hybridized carbons (Fsp3) is 0.857. The van der Waals surface area contributed by atoms with Crippen LogP contribution in [-0.4, -0.2) is 34.8 Å². The molecular formula is C42H81O3SSn. The van der Waals surface area contributed by atoms with Crippen molar-refractivity contribution in [2.45, 2.75) is 226 Å². The maximum atomic E-state index is 11.9. The minimum atomic E-state index is -3.57. The minimum absolute atomic E-state index is 0.238. The summed E-state index contributed by atoms with van der Waals surface area (Å²) < 4.78 is 34.0. The van der Waals surface area contributed by atoms with Gasteiger partial charge < -0.3 is 0 Å². The van der Waals surface area contributed by atoms with Crippen molar-refractivity contribution in [3.05, 3.63) is 30.3 Å². The third-order valence-corrected chi connectivity index (χ3v) is 19.8. The van der Waals surface area contributed by atoms with Crippen LogP contribution in [0.4, 0.5) is 0 Å². The van der Waals surface area contributed by atoms with Gasteiger partial charge in [-0.2, -0.15) is 8.42 Å². The molecule has 0 saturated carbocycles. The summed E-state index contributed by atoms with van der Waals surface area (Å²) in [7, 11) is -3.57. The first-order chi connectivity index (χ1) is 23.0. The Hall–Kier alpha value is -0.0713. The first-order valence-electron chi connectivity index (χ1n) is 20.8. The normalized spacial score (nSPS) is 11.6. The zero-order valence-corrected chi connectivity index (χ0v) is 35.8. The van der Waals surface area contributed by atoms with Crippen molar-refractivity contribution in [1.82, 2.24) is 0 Å². The van der Waals surface area contributed by atoms with Gasteiger partial charge in [-0.1, -0.05) is 82.9 Å². The summed E-state index contributed by atoms with van der Waals surface area (Å²) in [5.74, 6) is 0. The van der Waals surface area contributed by atoms with Gasteiger partial charge in [-0.25, -0.2) is 0 Å². The van der Waals surface area contributed by atoms with Crippen LogP contribution in [0, 0.1) is 0 Å². The van der Waals surface area contributed by atoms with Crippen molar-refractivity contribution >= 4 is 29.9 Å². The Morgan fingerprint density at radius 2 is 0.723 bits per heavy atom. The van der Waals surface area contributed by atoms with Crippen LogP contribution in [0.15, 0.2) is 35.2 Å². The molecule has 47 heavy (non-hydrogen) atoms. The first-order valence-corrected chi connectivity index (χ1v) is 28.3. The quantitative estimate of drug-likeness (QED) is 0.0397. The summed E-state index contributed by atoms with van der Waals surface area (Å²) in [6.45, 7) is 9.50. The summed E-state index contributed by atoms with van der Waals surface area (Å²) in [4.78, 5) is 0.238. The molecule has 1 aromatic rings. The topological polar surface area (TPSA) is 43.4 Å². The van der Waals surface area contributed by atoms with Gasteiger partial charge in [-0.05, 0) is 18.6 Å². The standard InChI is InChI=1S/C18H30O3S.3C8H17.Sn/c1-2-3-4-5-6-7-8-9-10-14-17-21-22(19,20)18-15-12-11-13-16-18;3*1-3-5-7-8-6-4-2;/h11-13,15-16H,2-10,14,17H2,1H3;3*1,3-8H2,2H3;. The molecule has 0 aromatic heterocycles. The molecule has 0 aliphatic heterocycles. The molecule has 0 spiro atoms. The molecule has 0 bridgehead atoms. The Kier molecular flexibility index (Phi) is 37.1. The summed E-state index contributed by atoms with van der Waals surface area (Å²) >= 11 is -1.02. The number of hydrogen-bond donors (Lipinski definition) is 0. The molecule has 0 N–H and O–H groups in total. The van der Waals surface area contributed by atoms with Gasteiger partial charge in [0.25, 0.3) is 10.1 Å². The molecule has 1 rings (SSSR count). The number of hydrogen-bond acceptors (Lipinski definition) is 3. The van der Waals surface area contributed by atoms with Crippen LogP contribution in [0.25, 0.3) is 0 Å². The van der Waals surface area contributed by atoms with Gasteiger partial charge in [0.2, 0.25) is 0 Å². The Morgan fingerprint density at radius 1 is 0.426 bits per heavy atom. The second-order valence-electron chi connectivity index (χ2n) is 14.1. The van der Waals surface area contributed by atoms with E-state index in [4.69, 9.17) is 4.18 Å². The van der Waals surface area contributed by atoms with Crippen molar-refractivity contribution in [2.24, 2.45) is 0 Å². The van der Waals surface area contributed by atoms with Crippen molar-refractivity contribution in [2.75, 3.05) is 6.61 Å². The van der Waals surface area contributed by atoms with E-state index in [2.05, 4.69) is 27.7 Å². The van der Waals surface area contributed by atoms with Crippen LogP contribution in [0.1, 0.15) is 207 Å². The van der Waals surface area contributed by atoms with E-state index in [0.717, 1.165) is 12.8 Å². The zero-order chi connectivity index (χ0) is 34.5. The van der Waals surface area contributed by atoms with E-state index in [1.165, 1.54) is 148 Å². The van der Waals surface area contributed by atoms with Crippen LogP contribution >= 0.6 is 0 Å². The third kappa shape index (κ3) is 32.9. The van der Waals surface area contributed by atoms with Crippen molar-refractivity contribution in [3.8, 4) is 0 Å². The molecule has 0 heterocycles. The molecule has 0 atom stereocenters. The molecule has 5 heteroatoms. The predicted molar refractivity (Wildman–Crippen MR) is 212 cm³/mol. The van der Waals surface area contributed by atoms with Gasteiger partial charge in [0.15, 0.2) is 0 Å². The van der Waals surface area contributed by atoms with Crippen LogP contribution in [0.2, 0.25) is 13.3 Å². The van der Waals surface area contributed by atoms with Gasteiger partial charge in [0.1, 0.15) is 0 Å². The Bertz CT molecular complexity index is 791. The van der Waals surface area contributed by atoms with E-state index >= 15 is 0 Å². The van der Waals surface area contributed by atoms with E-state index in [-0.39, 0.29) is 11.5 Å². The Labute approximate surface area is 303 Å². The van der Waals surface area contributed by atoms with Crippen LogP contribution < -0.4 is 0 Å². The van der Waals surface area contributed by atoms with Crippen LogP contribution in [0.5, 0.6) is 0 Å². The molecule has 3 nitrogen and oxygen atoms in total. The average Bonchev–Trinajstić information content (AvgIpc) is 3.08. The molecule has 0 aliphatic carbocycles. The predicted octanol–water partition coefficient (Wildman–Crippen LogP) is 14.9. The number of benzene rings is 1. The van der Waals surface area contributed by atoms with Gasteiger partial charge in [0.05, 0.1) is 11.5 Å². The summed E-state index contributed by atoms with van der Waals surface area (Å²) in [5, 5.41) is 0. The summed E-state index contributed by atoms with van der Waals surface area (Å²) in [5.41, 5.74) is 0. The van der Waals surface area contributed by atoms with Crippen LogP contribution in [-0.2, 0) is 14.3 Å². The zero-order valence-electron chi connectivity index (χ0n) is 32.1. The van der Waals surface area contributed by atoms with Gasteiger partial charge in [-0.15, -0.1) is 0 Å². The fourth-order valence-corrected chi connectivity index (χ4v) is 15.8. The molecule has 0 fully saturated rings. The summed E-state index contributed by atoms with van der Waals surface area (Å²) in [6.07, 6.45) is 39.2. The van der Waals surface area contributed by atoms with Gasteiger partial charge in [0, 0.05) is 0 Å². The second kappa shape index (κ2) is 37.2.